The highest BCUT2D eigenvalue weighted by Crippen LogP contribution is 2.25. The Kier molecular flexibility index (Phi) is 6.23. The average Bonchev–Trinajstić information content (AvgIpc) is 2.75. The maximum Gasteiger partial charge on any atom is 0.251 e. The number of nitrogens with zero attached hydrogens (tertiary/aromatic N) is 1. The molecule has 0 saturated heterocycles. The molecule has 0 aliphatic rings. The van der Waals surface area contributed by atoms with Crippen molar-refractivity contribution in [3.8, 4) is 0 Å². The van der Waals surface area contributed by atoms with Crippen molar-refractivity contribution >= 4 is 33.0 Å². The third-order valence-corrected chi connectivity index (χ3v) is 5.90. The minimum Gasteiger partial charge on any atom is -0.232 e. The fourth-order valence-corrected chi connectivity index (χ4v) is 4.25. The number of aromatic nitrogens is 1. The van der Waals surface area contributed by atoms with Crippen molar-refractivity contribution in [3.05, 3.63) is 10.7 Å². The fraction of sp³-hybridized carbons (Fsp3) is 0.750. The van der Waals surface area contributed by atoms with Crippen molar-refractivity contribution in [2.75, 3.05) is 6.54 Å². The van der Waals surface area contributed by atoms with Gasteiger partial charge in [0.05, 0.1) is 6.20 Å². The standard InChI is InChI=1S/C12H21ClN2O2S2/c1-4-5-6-7-12(2,3)9-15-19(16,17)10-8-14-11(13)18-10/h8,15H,4-7,9H2,1-3H3. The Morgan fingerprint density at radius 3 is 2.63 bits per heavy atom. The minimum atomic E-state index is -3.48. The average molecular weight is 325 g/mol. The maximum absolute atomic E-state index is 12.0. The molecule has 0 aromatic carbocycles. The topological polar surface area (TPSA) is 59.1 Å². The zero-order valence-corrected chi connectivity index (χ0v) is 14.0. The molecule has 1 rings (SSSR count). The highest BCUT2D eigenvalue weighted by Gasteiger charge is 2.23. The van der Waals surface area contributed by atoms with E-state index in [1.165, 1.54) is 19.0 Å². The molecule has 1 aromatic heterocycles. The van der Waals surface area contributed by atoms with Crippen LogP contribution < -0.4 is 4.72 Å². The van der Waals surface area contributed by atoms with Crippen molar-refractivity contribution in [2.24, 2.45) is 5.41 Å². The number of unbranched alkanes of at least 4 members (excludes halogenated alkanes) is 2. The second-order valence-electron chi connectivity index (χ2n) is 5.38. The zero-order chi connectivity index (χ0) is 14.5. The quantitative estimate of drug-likeness (QED) is 0.742. The molecule has 0 bridgehead atoms. The number of hydrogen-bond acceptors (Lipinski definition) is 4. The summed E-state index contributed by atoms with van der Waals surface area (Å²) in [6.45, 7) is 6.73. The number of nitrogens with one attached hydrogen (secondary N) is 1. The summed E-state index contributed by atoms with van der Waals surface area (Å²) in [7, 11) is -3.48. The molecule has 7 heteroatoms. The van der Waals surface area contributed by atoms with E-state index < -0.39 is 10.0 Å². The second kappa shape index (κ2) is 7.02. The SMILES string of the molecule is CCCCCC(C)(C)CNS(=O)(=O)c1cnc(Cl)s1. The van der Waals surface area contributed by atoms with Gasteiger partial charge in [-0.3, -0.25) is 0 Å². The van der Waals surface area contributed by atoms with Crippen LogP contribution in [0.3, 0.4) is 0 Å². The van der Waals surface area contributed by atoms with E-state index in [4.69, 9.17) is 11.6 Å². The van der Waals surface area contributed by atoms with E-state index in [1.807, 2.05) is 0 Å². The van der Waals surface area contributed by atoms with Gasteiger partial charge in [-0.2, -0.15) is 0 Å². The van der Waals surface area contributed by atoms with Gasteiger partial charge < -0.3 is 0 Å². The van der Waals surface area contributed by atoms with Gasteiger partial charge >= 0.3 is 0 Å². The van der Waals surface area contributed by atoms with Crippen LogP contribution in [-0.4, -0.2) is 19.9 Å². The number of rotatable bonds is 8. The van der Waals surface area contributed by atoms with Crippen LogP contribution in [0.25, 0.3) is 0 Å². The van der Waals surface area contributed by atoms with Crippen LogP contribution in [-0.2, 0) is 10.0 Å². The first kappa shape index (κ1) is 16.9. The van der Waals surface area contributed by atoms with Crippen molar-refractivity contribution in [1.29, 1.82) is 0 Å². The van der Waals surface area contributed by atoms with Gasteiger partial charge in [-0.25, -0.2) is 18.1 Å². The van der Waals surface area contributed by atoms with Crippen LogP contribution in [0.1, 0.15) is 46.5 Å². The molecule has 19 heavy (non-hydrogen) atoms. The lowest BCUT2D eigenvalue weighted by Crippen LogP contribution is -2.33. The summed E-state index contributed by atoms with van der Waals surface area (Å²) < 4.78 is 27.1. The van der Waals surface area contributed by atoms with E-state index in [1.54, 1.807) is 0 Å². The molecule has 0 aliphatic carbocycles. The summed E-state index contributed by atoms with van der Waals surface area (Å²) in [5, 5.41) is 0. The van der Waals surface area contributed by atoms with Crippen LogP contribution in [0.5, 0.6) is 0 Å². The van der Waals surface area contributed by atoms with E-state index in [0.29, 0.717) is 6.54 Å². The van der Waals surface area contributed by atoms with Crippen molar-refractivity contribution in [1.82, 2.24) is 9.71 Å². The van der Waals surface area contributed by atoms with Crippen LogP contribution in [0, 0.1) is 5.41 Å². The molecule has 0 spiro atoms. The van der Waals surface area contributed by atoms with E-state index in [0.717, 1.165) is 24.2 Å². The summed E-state index contributed by atoms with van der Waals surface area (Å²) in [5.74, 6) is 0. The second-order valence-corrected chi connectivity index (χ2v) is 8.98. The van der Waals surface area contributed by atoms with Gasteiger partial charge in [0.25, 0.3) is 10.0 Å². The van der Waals surface area contributed by atoms with Gasteiger partial charge in [0.15, 0.2) is 8.68 Å². The van der Waals surface area contributed by atoms with Gasteiger partial charge in [-0.1, -0.05) is 63.0 Å². The third-order valence-electron chi connectivity index (χ3n) is 2.92. The summed E-state index contributed by atoms with van der Waals surface area (Å²) in [6, 6.07) is 0. The van der Waals surface area contributed by atoms with Crippen LogP contribution in [0.2, 0.25) is 4.47 Å². The summed E-state index contributed by atoms with van der Waals surface area (Å²) in [5.41, 5.74) is -0.0449. The monoisotopic (exact) mass is 324 g/mol. The Balaban J connectivity index is 2.55. The van der Waals surface area contributed by atoms with Crippen molar-refractivity contribution < 1.29 is 8.42 Å². The van der Waals surface area contributed by atoms with E-state index in [9.17, 15) is 8.42 Å². The molecule has 0 atom stereocenters. The Morgan fingerprint density at radius 1 is 1.42 bits per heavy atom. The summed E-state index contributed by atoms with van der Waals surface area (Å²) in [6.07, 6.45) is 5.77. The normalized spacial score (nSPS) is 12.8. The molecule has 0 unspecified atom stereocenters. The molecule has 110 valence electrons. The lowest BCUT2D eigenvalue weighted by atomic mass is 9.87. The van der Waals surface area contributed by atoms with Crippen LogP contribution in [0.15, 0.2) is 10.4 Å². The van der Waals surface area contributed by atoms with E-state index in [-0.39, 0.29) is 14.1 Å². The van der Waals surface area contributed by atoms with Gasteiger partial charge in [0.2, 0.25) is 0 Å². The molecule has 0 aliphatic heterocycles. The number of thiazole rings is 1. The molecule has 1 aromatic rings. The predicted octanol–water partition coefficient (Wildman–Crippen LogP) is 3.68. The zero-order valence-electron chi connectivity index (χ0n) is 11.6. The Bertz CT molecular complexity index is 498. The van der Waals surface area contributed by atoms with Gasteiger partial charge in [0, 0.05) is 6.54 Å². The molecule has 4 nitrogen and oxygen atoms in total. The van der Waals surface area contributed by atoms with Crippen molar-refractivity contribution in [2.45, 2.75) is 50.7 Å². The molecule has 0 saturated carbocycles. The summed E-state index contributed by atoms with van der Waals surface area (Å²) in [4.78, 5) is 3.75. The predicted molar refractivity (Wildman–Crippen MR) is 80.2 cm³/mol. The van der Waals surface area contributed by atoms with Crippen LogP contribution >= 0.6 is 22.9 Å². The largest absolute Gasteiger partial charge is 0.251 e. The highest BCUT2D eigenvalue weighted by atomic mass is 35.5. The first-order valence-electron chi connectivity index (χ1n) is 6.38. The van der Waals surface area contributed by atoms with Crippen LogP contribution in [0.4, 0.5) is 0 Å². The molecular weight excluding hydrogens is 304 g/mol. The van der Waals surface area contributed by atoms with E-state index in [2.05, 4.69) is 30.5 Å². The van der Waals surface area contributed by atoms with Gasteiger partial charge in [0.1, 0.15) is 0 Å². The smallest absolute Gasteiger partial charge is 0.232 e. The number of sulfonamides is 1. The Morgan fingerprint density at radius 2 is 2.11 bits per heavy atom. The van der Waals surface area contributed by atoms with Gasteiger partial charge in [-0.05, 0) is 11.8 Å². The fourth-order valence-electron chi connectivity index (χ4n) is 1.67. The van der Waals surface area contributed by atoms with E-state index >= 15 is 0 Å². The lowest BCUT2D eigenvalue weighted by molar-refractivity contribution is 0.320. The molecule has 1 heterocycles. The number of hydrogen-bond donors (Lipinski definition) is 1. The molecular formula is C12H21ClN2O2S2. The molecule has 1 N–H and O–H groups in total. The minimum absolute atomic E-state index is 0.0449. The van der Waals surface area contributed by atoms with Crippen molar-refractivity contribution in [3.63, 3.8) is 0 Å². The third kappa shape index (κ3) is 5.77. The highest BCUT2D eigenvalue weighted by molar-refractivity contribution is 7.91. The molecule has 0 fully saturated rings. The summed E-state index contributed by atoms with van der Waals surface area (Å²) >= 11 is 6.63. The maximum atomic E-state index is 12.0. The first-order valence-corrected chi connectivity index (χ1v) is 9.05. The molecule has 0 radical (unpaired) electrons. The first-order chi connectivity index (χ1) is 8.77. The lowest BCUT2D eigenvalue weighted by Gasteiger charge is -2.24. The van der Waals surface area contributed by atoms with Gasteiger partial charge in [-0.15, -0.1) is 0 Å². The molecule has 0 amide bonds. The Hall–Kier alpha value is -0.170. The number of halogens is 1. The Labute approximate surface area is 124 Å².